The first-order valence-corrected chi connectivity index (χ1v) is 6.35. The van der Waals surface area contributed by atoms with E-state index in [9.17, 15) is 9.59 Å². The van der Waals surface area contributed by atoms with Crippen molar-refractivity contribution in [2.45, 2.75) is 6.54 Å². The Morgan fingerprint density at radius 3 is 2.58 bits per heavy atom. The normalized spacial score (nSPS) is 9.89. The van der Waals surface area contributed by atoms with Crippen LogP contribution in [0.4, 0.5) is 10.5 Å². The van der Waals surface area contributed by atoms with Gasteiger partial charge in [-0.05, 0) is 24.3 Å². The smallest absolute Gasteiger partial charge is 0.335 e. The Morgan fingerprint density at radius 1 is 1.26 bits per heavy atom. The van der Waals surface area contributed by atoms with Crippen LogP contribution in [0.5, 0.6) is 0 Å². The summed E-state index contributed by atoms with van der Waals surface area (Å²) in [4.78, 5) is 26.3. The maximum atomic E-state index is 11.6. The summed E-state index contributed by atoms with van der Waals surface area (Å²) in [7, 11) is 0. The monoisotopic (exact) mass is 277 g/mol. The van der Waals surface area contributed by atoms with Gasteiger partial charge in [0.15, 0.2) is 0 Å². The maximum absolute atomic E-state index is 11.6. The van der Waals surface area contributed by atoms with Crippen LogP contribution in [0, 0.1) is 0 Å². The molecule has 2 rings (SSSR count). The molecule has 0 saturated carbocycles. The van der Waals surface area contributed by atoms with Gasteiger partial charge in [0.2, 0.25) is 0 Å². The van der Waals surface area contributed by atoms with Gasteiger partial charge >= 0.3 is 12.0 Å². The molecule has 1 aromatic heterocycles. The molecular formula is C12H11N3O3S. The molecule has 0 bridgehead atoms. The Bertz CT molecular complexity index is 566. The van der Waals surface area contributed by atoms with Gasteiger partial charge in [-0.25, -0.2) is 14.6 Å². The lowest BCUT2D eigenvalue weighted by Crippen LogP contribution is -2.28. The summed E-state index contributed by atoms with van der Waals surface area (Å²) < 4.78 is 0. The van der Waals surface area contributed by atoms with E-state index >= 15 is 0 Å². The Labute approximate surface area is 113 Å². The van der Waals surface area contributed by atoms with Crippen molar-refractivity contribution in [2.75, 3.05) is 5.32 Å². The highest BCUT2D eigenvalue weighted by Crippen LogP contribution is 2.09. The van der Waals surface area contributed by atoms with Crippen LogP contribution in [-0.4, -0.2) is 22.1 Å². The minimum atomic E-state index is -1.00. The maximum Gasteiger partial charge on any atom is 0.335 e. The van der Waals surface area contributed by atoms with E-state index in [-0.39, 0.29) is 11.6 Å². The number of urea groups is 1. The first kappa shape index (κ1) is 13.0. The van der Waals surface area contributed by atoms with Crippen molar-refractivity contribution in [3.05, 3.63) is 46.4 Å². The number of carbonyl (C=O) groups excluding carboxylic acids is 1. The molecule has 0 aliphatic rings. The highest BCUT2D eigenvalue weighted by molar-refractivity contribution is 7.07. The fraction of sp³-hybridized carbons (Fsp3) is 0.0833. The van der Waals surface area contributed by atoms with Crippen molar-refractivity contribution >= 4 is 29.0 Å². The summed E-state index contributed by atoms with van der Waals surface area (Å²) in [6.07, 6.45) is 0. The van der Waals surface area contributed by atoms with Gasteiger partial charge in [0.1, 0.15) is 0 Å². The molecule has 0 spiro atoms. The second-order valence-electron chi connectivity index (χ2n) is 3.67. The van der Waals surface area contributed by atoms with Crippen molar-refractivity contribution in [1.29, 1.82) is 0 Å². The van der Waals surface area contributed by atoms with Crippen molar-refractivity contribution in [3.8, 4) is 0 Å². The number of nitrogens with one attached hydrogen (secondary N) is 2. The average Bonchev–Trinajstić information content (AvgIpc) is 2.90. The number of hydrogen-bond donors (Lipinski definition) is 3. The molecule has 0 atom stereocenters. The third-order valence-corrected chi connectivity index (χ3v) is 2.94. The van der Waals surface area contributed by atoms with E-state index in [2.05, 4.69) is 15.6 Å². The summed E-state index contributed by atoms with van der Waals surface area (Å²) in [6, 6.07) is 5.56. The largest absolute Gasteiger partial charge is 0.478 e. The van der Waals surface area contributed by atoms with Gasteiger partial charge in [-0.15, -0.1) is 11.3 Å². The molecule has 2 amide bonds. The van der Waals surface area contributed by atoms with Crippen LogP contribution >= 0.6 is 11.3 Å². The van der Waals surface area contributed by atoms with E-state index < -0.39 is 5.97 Å². The predicted octanol–water partition coefficient (Wildman–Crippen LogP) is 2.16. The molecule has 3 N–H and O–H groups in total. The van der Waals surface area contributed by atoms with E-state index in [1.807, 2.05) is 5.38 Å². The molecule has 19 heavy (non-hydrogen) atoms. The SMILES string of the molecule is O=C(NCc1cscn1)Nc1ccc(C(=O)O)cc1. The van der Waals surface area contributed by atoms with Crippen molar-refractivity contribution in [3.63, 3.8) is 0 Å². The molecule has 0 unspecified atom stereocenters. The Morgan fingerprint density at radius 2 is 2.00 bits per heavy atom. The third-order valence-electron chi connectivity index (χ3n) is 2.30. The number of carboxylic acid groups (broad SMARTS) is 1. The van der Waals surface area contributed by atoms with Crippen LogP contribution in [0.2, 0.25) is 0 Å². The molecule has 6 nitrogen and oxygen atoms in total. The number of rotatable bonds is 4. The summed E-state index contributed by atoms with van der Waals surface area (Å²) in [5.41, 5.74) is 3.19. The van der Waals surface area contributed by atoms with E-state index in [1.165, 1.54) is 35.6 Å². The molecule has 0 saturated heterocycles. The molecule has 7 heteroatoms. The molecule has 0 aliphatic carbocycles. The summed E-state index contributed by atoms with van der Waals surface area (Å²) in [5, 5.41) is 15.8. The zero-order valence-corrected chi connectivity index (χ0v) is 10.6. The average molecular weight is 277 g/mol. The van der Waals surface area contributed by atoms with Gasteiger partial charge in [0.05, 0.1) is 23.3 Å². The van der Waals surface area contributed by atoms with Gasteiger partial charge in [-0.3, -0.25) is 0 Å². The second kappa shape index (κ2) is 5.96. The summed E-state index contributed by atoms with van der Waals surface area (Å²) in [5.74, 6) is -1.00. The molecule has 2 aromatic rings. The number of amides is 2. The number of benzene rings is 1. The lowest BCUT2D eigenvalue weighted by molar-refractivity contribution is 0.0697. The molecular weight excluding hydrogens is 266 g/mol. The molecule has 1 aromatic carbocycles. The van der Waals surface area contributed by atoms with Crippen LogP contribution in [0.15, 0.2) is 35.2 Å². The van der Waals surface area contributed by atoms with Gasteiger partial charge in [0, 0.05) is 11.1 Å². The number of aromatic nitrogens is 1. The molecule has 0 aliphatic heterocycles. The number of carbonyl (C=O) groups is 2. The number of carboxylic acids is 1. The Kier molecular flexibility index (Phi) is 4.09. The minimum absolute atomic E-state index is 0.174. The fourth-order valence-corrected chi connectivity index (χ4v) is 1.93. The summed E-state index contributed by atoms with van der Waals surface area (Å²) >= 11 is 1.46. The highest BCUT2D eigenvalue weighted by Gasteiger charge is 2.05. The summed E-state index contributed by atoms with van der Waals surface area (Å²) in [6.45, 7) is 0.350. The first-order valence-electron chi connectivity index (χ1n) is 5.40. The number of hydrogen-bond acceptors (Lipinski definition) is 4. The lowest BCUT2D eigenvalue weighted by Gasteiger charge is -2.06. The van der Waals surface area contributed by atoms with E-state index in [4.69, 9.17) is 5.11 Å². The number of anilines is 1. The van der Waals surface area contributed by atoms with E-state index in [0.717, 1.165) is 5.69 Å². The first-order chi connectivity index (χ1) is 9.15. The molecule has 98 valence electrons. The van der Waals surface area contributed by atoms with Crippen molar-refractivity contribution in [2.24, 2.45) is 0 Å². The second-order valence-corrected chi connectivity index (χ2v) is 4.39. The topological polar surface area (TPSA) is 91.3 Å². The third kappa shape index (κ3) is 3.78. The zero-order valence-electron chi connectivity index (χ0n) is 9.79. The van der Waals surface area contributed by atoms with Crippen LogP contribution in [0.25, 0.3) is 0 Å². The van der Waals surface area contributed by atoms with E-state index in [1.54, 1.807) is 5.51 Å². The molecule has 1 heterocycles. The van der Waals surface area contributed by atoms with Crippen LogP contribution in [-0.2, 0) is 6.54 Å². The van der Waals surface area contributed by atoms with Crippen LogP contribution in [0.3, 0.4) is 0 Å². The van der Waals surface area contributed by atoms with Gasteiger partial charge in [0.25, 0.3) is 0 Å². The fourth-order valence-electron chi connectivity index (χ4n) is 1.37. The number of nitrogens with zero attached hydrogens (tertiary/aromatic N) is 1. The number of thiazole rings is 1. The predicted molar refractivity (Wildman–Crippen MR) is 71.4 cm³/mol. The number of aromatic carboxylic acids is 1. The van der Waals surface area contributed by atoms with Crippen LogP contribution < -0.4 is 10.6 Å². The lowest BCUT2D eigenvalue weighted by atomic mass is 10.2. The van der Waals surface area contributed by atoms with E-state index in [0.29, 0.717) is 12.2 Å². The van der Waals surface area contributed by atoms with Crippen molar-refractivity contribution in [1.82, 2.24) is 10.3 Å². The Hall–Kier alpha value is -2.41. The van der Waals surface area contributed by atoms with Gasteiger partial charge in [-0.2, -0.15) is 0 Å². The van der Waals surface area contributed by atoms with Gasteiger partial charge in [-0.1, -0.05) is 0 Å². The molecule has 0 fully saturated rings. The minimum Gasteiger partial charge on any atom is -0.478 e. The van der Waals surface area contributed by atoms with Crippen molar-refractivity contribution < 1.29 is 14.7 Å². The Balaban J connectivity index is 1.86. The highest BCUT2D eigenvalue weighted by atomic mass is 32.1. The molecule has 0 radical (unpaired) electrons. The quantitative estimate of drug-likeness (QED) is 0.798. The van der Waals surface area contributed by atoms with Gasteiger partial charge < -0.3 is 15.7 Å². The standard InChI is InChI=1S/C12H11N3O3S/c16-11(17)8-1-3-9(4-2-8)15-12(18)13-5-10-6-19-7-14-10/h1-4,6-7H,5H2,(H,16,17)(H2,13,15,18). The zero-order chi connectivity index (χ0) is 13.7. The van der Waals surface area contributed by atoms with Crippen LogP contribution in [0.1, 0.15) is 16.1 Å².